The molecule has 0 aliphatic rings. The van der Waals surface area contributed by atoms with Gasteiger partial charge < -0.3 is 10.5 Å². The summed E-state index contributed by atoms with van der Waals surface area (Å²) in [6.07, 6.45) is 0.613. The van der Waals surface area contributed by atoms with Crippen LogP contribution in [0.15, 0.2) is 30.3 Å². The lowest BCUT2D eigenvalue weighted by Crippen LogP contribution is -2.43. The Morgan fingerprint density at radius 2 is 1.90 bits per heavy atom. The van der Waals surface area contributed by atoms with E-state index in [1.807, 2.05) is 44.2 Å². The zero-order chi connectivity index (χ0) is 15.0. The molecule has 0 aliphatic carbocycles. The predicted octanol–water partition coefficient (Wildman–Crippen LogP) is 0.901. The first-order chi connectivity index (χ1) is 9.43. The van der Waals surface area contributed by atoms with Crippen molar-refractivity contribution in [1.82, 2.24) is 4.72 Å². The first-order valence-corrected chi connectivity index (χ1v) is 8.44. The largest absolute Gasteiger partial charge is 0.378 e. The Bertz CT molecular complexity index is 474. The third kappa shape index (κ3) is 7.00. The van der Waals surface area contributed by atoms with Gasteiger partial charge in [0.1, 0.15) is 0 Å². The molecular formula is C14H24N2O3S. The number of hydrogen-bond donors (Lipinski definition) is 2. The van der Waals surface area contributed by atoms with Crippen LogP contribution in [0.4, 0.5) is 0 Å². The molecule has 1 atom stereocenters. The molecule has 1 aromatic carbocycles. The average molecular weight is 300 g/mol. The highest BCUT2D eigenvalue weighted by atomic mass is 32.2. The minimum Gasteiger partial charge on any atom is -0.378 e. The fraction of sp³-hybridized carbons (Fsp3) is 0.571. The van der Waals surface area contributed by atoms with Gasteiger partial charge in [-0.2, -0.15) is 0 Å². The van der Waals surface area contributed by atoms with Crippen molar-refractivity contribution in [2.45, 2.75) is 32.4 Å². The van der Waals surface area contributed by atoms with Crippen molar-refractivity contribution in [3.05, 3.63) is 35.9 Å². The maximum atomic E-state index is 11.9. The van der Waals surface area contributed by atoms with Gasteiger partial charge in [-0.3, -0.25) is 0 Å². The van der Waals surface area contributed by atoms with Crippen LogP contribution in [0.2, 0.25) is 0 Å². The Hall–Kier alpha value is -0.950. The van der Waals surface area contributed by atoms with Gasteiger partial charge in [0.05, 0.1) is 18.5 Å². The van der Waals surface area contributed by atoms with Crippen molar-refractivity contribution >= 4 is 10.0 Å². The first kappa shape index (κ1) is 17.1. The molecule has 6 heteroatoms. The zero-order valence-corrected chi connectivity index (χ0v) is 12.9. The zero-order valence-electron chi connectivity index (χ0n) is 12.1. The topological polar surface area (TPSA) is 81.4 Å². The van der Waals surface area contributed by atoms with Gasteiger partial charge in [0.15, 0.2) is 0 Å². The van der Waals surface area contributed by atoms with Crippen LogP contribution < -0.4 is 10.5 Å². The van der Waals surface area contributed by atoms with Gasteiger partial charge in [-0.15, -0.1) is 0 Å². The normalized spacial score (nSPS) is 13.6. The van der Waals surface area contributed by atoms with Gasteiger partial charge in [0, 0.05) is 12.6 Å². The molecule has 0 spiro atoms. The molecule has 0 aromatic heterocycles. The summed E-state index contributed by atoms with van der Waals surface area (Å²) in [7, 11) is -3.36. The summed E-state index contributed by atoms with van der Waals surface area (Å²) in [6, 6.07) is 9.40. The second-order valence-electron chi connectivity index (χ2n) is 4.98. The monoisotopic (exact) mass is 300 g/mol. The lowest BCUT2D eigenvalue weighted by molar-refractivity contribution is 0.0911. The van der Waals surface area contributed by atoms with E-state index in [-0.39, 0.29) is 31.1 Å². The summed E-state index contributed by atoms with van der Waals surface area (Å²) in [5.74, 6) is -0.0452. The van der Waals surface area contributed by atoms with Crippen LogP contribution in [-0.2, 0) is 21.2 Å². The number of hydrogen-bond acceptors (Lipinski definition) is 4. The van der Waals surface area contributed by atoms with Gasteiger partial charge in [-0.25, -0.2) is 13.1 Å². The molecule has 0 radical (unpaired) electrons. The first-order valence-electron chi connectivity index (χ1n) is 6.78. The second-order valence-corrected chi connectivity index (χ2v) is 6.85. The van der Waals surface area contributed by atoms with Crippen LogP contribution in [0.3, 0.4) is 0 Å². The summed E-state index contributed by atoms with van der Waals surface area (Å²) in [5.41, 5.74) is 6.71. The molecule has 0 amide bonds. The van der Waals surface area contributed by atoms with E-state index in [1.54, 1.807) is 0 Å². The fourth-order valence-corrected chi connectivity index (χ4v) is 2.90. The molecule has 0 aliphatic heterocycles. The van der Waals surface area contributed by atoms with E-state index in [4.69, 9.17) is 10.5 Å². The number of nitrogens with two attached hydrogens (primary N) is 1. The van der Waals surface area contributed by atoms with E-state index in [0.717, 1.165) is 5.56 Å². The molecule has 114 valence electrons. The molecule has 1 rings (SSSR count). The number of rotatable bonds is 9. The van der Waals surface area contributed by atoms with Crippen molar-refractivity contribution in [1.29, 1.82) is 0 Å². The van der Waals surface area contributed by atoms with Gasteiger partial charge in [-0.1, -0.05) is 30.3 Å². The summed E-state index contributed by atoms with van der Waals surface area (Å²) >= 11 is 0. The molecule has 0 bridgehead atoms. The lowest BCUT2D eigenvalue weighted by Gasteiger charge is -2.17. The van der Waals surface area contributed by atoms with Crippen LogP contribution >= 0.6 is 0 Å². The third-order valence-corrected chi connectivity index (χ3v) is 4.16. The number of nitrogens with one attached hydrogen (secondary N) is 1. The van der Waals surface area contributed by atoms with E-state index < -0.39 is 10.0 Å². The standard InChI is InChI=1S/C14H24N2O3S/c1-12(2)19-8-9-20(17,18)16-14(11-15)10-13-6-4-3-5-7-13/h3-7,12,14,16H,8-11,15H2,1-2H3. The van der Waals surface area contributed by atoms with E-state index in [9.17, 15) is 8.42 Å². The number of benzene rings is 1. The Morgan fingerprint density at radius 3 is 2.45 bits per heavy atom. The van der Waals surface area contributed by atoms with Gasteiger partial charge in [0.2, 0.25) is 10.0 Å². The number of ether oxygens (including phenoxy) is 1. The molecule has 3 N–H and O–H groups in total. The van der Waals surface area contributed by atoms with Crippen LogP contribution in [-0.4, -0.2) is 39.5 Å². The summed E-state index contributed by atoms with van der Waals surface area (Å²) in [5, 5.41) is 0. The van der Waals surface area contributed by atoms with Crippen molar-refractivity contribution in [2.24, 2.45) is 5.73 Å². The minimum atomic E-state index is -3.36. The quantitative estimate of drug-likeness (QED) is 0.710. The Kier molecular flexibility index (Phi) is 7.15. The Balaban J connectivity index is 2.50. The van der Waals surface area contributed by atoms with Crippen LogP contribution in [0.5, 0.6) is 0 Å². The predicted molar refractivity (Wildman–Crippen MR) is 81.0 cm³/mol. The third-order valence-electron chi connectivity index (χ3n) is 2.76. The van der Waals surface area contributed by atoms with Gasteiger partial charge in [0.25, 0.3) is 0 Å². The fourth-order valence-electron chi connectivity index (χ4n) is 1.78. The van der Waals surface area contributed by atoms with E-state index in [0.29, 0.717) is 6.42 Å². The highest BCUT2D eigenvalue weighted by Gasteiger charge is 2.17. The Morgan fingerprint density at radius 1 is 1.25 bits per heavy atom. The summed E-state index contributed by atoms with van der Waals surface area (Å²) < 4.78 is 31.7. The van der Waals surface area contributed by atoms with Crippen LogP contribution in [0.25, 0.3) is 0 Å². The maximum Gasteiger partial charge on any atom is 0.214 e. The van der Waals surface area contributed by atoms with Crippen molar-refractivity contribution in [2.75, 3.05) is 18.9 Å². The van der Waals surface area contributed by atoms with E-state index in [2.05, 4.69) is 4.72 Å². The molecule has 20 heavy (non-hydrogen) atoms. The van der Waals surface area contributed by atoms with Gasteiger partial charge in [-0.05, 0) is 25.8 Å². The summed E-state index contributed by atoms with van der Waals surface area (Å²) in [6.45, 7) is 4.20. The molecule has 5 nitrogen and oxygen atoms in total. The van der Waals surface area contributed by atoms with Crippen molar-refractivity contribution in [3.8, 4) is 0 Å². The van der Waals surface area contributed by atoms with Crippen molar-refractivity contribution < 1.29 is 13.2 Å². The number of sulfonamides is 1. The molecule has 1 aromatic rings. The highest BCUT2D eigenvalue weighted by Crippen LogP contribution is 2.04. The van der Waals surface area contributed by atoms with E-state index in [1.165, 1.54) is 0 Å². The lowest BCUT2D eigenvalue weighted by atomic mass is 10.1. The molecule has 0 saturated heterocycles. The van der Waals surface area contributed by atoms with Crippen LogP contribution in [0, 0.1) is 0 Å². The van der Waals surface area contributed by atoms with Crippen LogP contribution in [0.1, 0.15) is 19.4 Å². The summed E-state index contributed by atoms with van der Waals surface area (Å²) in [4.78, 5) is 0. The van der Waals surface area contributed by atoms with Gasteiger partial charge >= 0.3 is 0 Å². The smallest absolute Gasteiger partial charge is 0.214 e. The highest BCUT2D eigenvalue weighted by molar-refractivity contribution is 7.89. The molecule has 0 heterocycles. The Labute approximate surface area is 121 Å². The molecular weight excluding hydrogens is 276 g/mol. The minimum absolute atomic E-state index is 0.0276. The molecule has 0 fully saturated rings. The molecule has 0 saturated carbocycles. The maximum absolute atomic E-state index is 11.9. The second kappa shape index (κ2) is 8.36. The van der Waals surface area contributed by atoms with Crippen molar-refractivity contribution in [3.63, 3.8) is 0 Å². The SMILES string of the molecule is CC(C)OCCS(=O)(=O)NC(CN)Cc1ccccc1. The average Bonchev–Trinajstić information content (AvgIpc) is 2.38. The molecule has 1 unspecified atom stereocenters. The van der Waals surface area contributed by atoms with E-state index >= 15 is 0 Å².